The molecule has 0 fully saturated rings. The van der Waals surface area contributed by atoms with Crippen LogP contribution in [0.25, 0.3) is 0 Å². The van der Waals surface area contributed by atoms with Crippen LogP contribution in [-0.4, -0.2) is 24.5 Å². The molecule has 106 valence electrons. The largest absolute Gasteiger partial charge is 0.478 e. The molecule has 0 unspecified atom stereocenters. The third-order valence-electron chi connectivity index (χ3n) is 2.40. The van der Waals surface area contributed by atoms with Gasteiger partial charge in [-0.05, 0) is 12.1 Å². The Morgan fingerprint density at radius 1 is 1.35 bits per heavy atom. The third kappa shape index (κ3) is 2.83. The Hall–Kier alpha value is -1.87. The van der Waals surface area contributed by atoms with Gasteiger partial charge in [-0.15, -0.1) is 11.3 Å². The van der Waals surface area contributed by atoms with Gasteiger partial charge in [0.2, 0.25) is 0 Å². The summed E-state index contributed by atoms with van der Waals surface area (Å²) in [5.41, 5.74) is 0.937. The SMILES string of the molecule is O=C(O)c1cc(F)c(F)c(S(=O)(=O)Cc2cscn2)c1. The number of carboxylic acid groups (broad SMARTS) is 1. The monoisotopic (exact) mass is 319 g/mol. The summed E-state index contributed by atoms with van der Waals surface area (Å²) in [4.78, 5) is 13.5. The fourth-order valence-corrected chi connectivity index (χ4v) is 3.54. The van der Waals surface area contributed by atoms with Gasteiger partial charge in [-0.25, -0.2) is 27.0 Å². The standard InChI is InChI=1S/C11H7F2NO4S2/c12-8-1-6(11(15)16)2-9(10(8)13)20(17,18)4-7-3-19-5-14-7/h1-3,5H,4H2,(H,15,16). The number of rotatable bonds is 4. The number of aromatic carboxylic acids is 1. The van der Waals surface area contributed by atoms with Crippen LogP contribution >= 0.6 is 11.3 Å². The number of aromatic nitrogens is 1. The Bertz CT molecular complexity index is 757. The number of halogens is 2. The molecule has 20 heavy (non-hydrogen) atoms. The number of carboxylic acids is 1. The van der Waals surface area contributed by atoms with Gasteiger partial charge in [0, 0.05) is 5.38 Å². The Morgan fingerprint density at radius 2 is 2.05 bits per heavy atom. The minimum atomic E-state index is -4.23. The molecule has 1 aromatic carbocycles. The predicted molar refractivity (Wildman–Crippen MR) is 66.3 cm³/mol. The van der Waals surface area contributed by atoms with E-state index >= 15 is 0 Å². The van der Waals surface area contributed by atoms with Crippen molar-refractivity contribution < 1.29 is 27.1 Å². The molecule has 1 heterocycles. The topological polar surface area (TPSA) is 84.3 Å². The van der Waals surface area contributed by atoms with Crippen molar-refractivity contribution in [3.63, 3.8) is 0 Å². The zero-order valence-corrected chi connectivity index (χ0v) is 11.3. The molecule has 9 heteroatoms. The van der Waals surface area contributed by atoms with E-state index in [9.17, 15) is 22.0 Å². The quantitative estimate of drug-likeness (QED) is 0.933. The fraction of sp³-hybridized carbons (Fsp3) is 0.0909. The minimum absolute atomic E-state index is 0.176. The van der Waals surface area contributed by atoms with Gasteiger partial charge >= 0.3 is 5.97 Å². The Morgan fingerprint density at radius 3 is 2.60 bits per heavy atom. The molecule has 1 aromatic heterocycles. The third-order valence-corrected chi connectivity index (χ3v) is 4.68. The van der Waals surface area contributed by atoms with Crippen molar-refractivity contribution in [2.24, 2.45) is 0 Å². The summed E-state index contributed by atoms with van der Waals surface area (Å²) >= 11 is 1.15. The van der Waals surface area contributed by atoms with Crippen molar-refractivity contribution in [1.82, 2.24) is 4.98 Å². The average Bonchev–Trinajstić information content (AvgIpc) is 2.83. The highest BCUT2D eigenvalue weighted by Crippen LogP contribution is 2.23. The summed E-state index contributed by atoms with van der Waals surface area (Å²) < 4.78 is 50.9. The van der Waals surface area contributed by atoms with Gasteiger partial charge in [0.1, 0.15) is 4.90 Å². The lowest BCUT2D eigenvalue weighted by Gasteiger charge is -2.06. The Labute approximate surface area is 116 Å². The van der Waals surface area contributed by atoms with Crippen LogP contribution < -0.4 is 0 Å². The molecule has 5 nitrogen and oxygen atoms in total. The molecule has 2 rings (SSSR count). The first kappa shape index (κ1) is 14.5. The number of thiazole rings is 1. The zero-order chi connectivity index (χ0) is 14.9. The molecule has 2 aromatic rings. The highest BCUT2D eigenvalue weighted by atomic mass is 32.2. The van der Waals surface area contributed by atoms with Crippen molar-refractivity contribution in [1.29, 1.82) is 0 Å². The highest BCUT2D eigenvalue weighted by Gasteiger charge is 2.25. The van der Waals surface area contributed by atoms with E-state index in [1.54, 1.807) is 0 Å². The van der Waals surface area contributed by atoms with E-state index < -0.39 is 43.7 Å². The van der Waals surface area contributed by atoms with E-state index in [0.717, 1.165) is 11.3 Å². The smallest absolute Gasteiger partial charge is 0.335 e. The second kappa shape index (κ2) is 5.25. The summed E-state index contributed by atoms with van der Waals surface area (Å²) in [6, 6.07) is 1.03. The highest BCUT2D eigenvalue weighted by molar-refractivity contribution is 7.90. The molecular weight excluding hydrogens is 312 g/mol. The lowest BCUT2D eigenvalue weighted by Crippen LogP contribution is -2.11. The van der Waals surface area contributed by atoms with E-state index in [4.69, 9.17) is 5.11 Å². The molecule has 0 amide bonds. The molecule has 0 aliphatic heterocycles. The summed E-state index contributed by atoms with van der Waals surface area (Å²) in [5.74, 6) is -5.29. The van der Waals surface area contributed by atoms with E-state index in [-0.39, 0.29) is 5.69 Å². The summed E-state index contributed by atoms with van der Waals surface area (Å²) in [5, 5.41) is 10.2. The Kier molecular flexibility index (Phi) is 3.82. The molecule has 0 aliphatic rings. The van der Waals surface area contributed by atoms with Crippen molar-refractivity contribution in [3.05, 3.63) is 45.9 Å². The number of sulfone groups is 1. The first-order valence-corrected chi connectivity index (χ1v) is 7.73. The van der Waals surface area contributed by atoms with Crippen molar-refractivity contribution in [2.45, 2.75) is 10.6 Å². The van der Waals surface area contributed by atoms with Crippen LogP contribution in [0.1, 0.15) is 16.1 Å². The molecule has 0 atom stereocenters. The van der Waals surface area contributed by atoms with Crippen LogP contribution in [0.4, 0.5) is 8.78 Å². The maximum Gasteiger partial charge on any atom is 0.335 e. The maximum absolute atomic E-state index is 13.6. The lowest BCUT2D eigenvalue weighted by atomic mass is 10.2. The van der Waals surface area contributed by atoms with E-state index in [2.05, 4.69) is 4.98 Å². The normalized spacial score (nSPS) is 11.5. The van der Waals surface area contributed by atoms with Crippen molar-refractivity contribution in [3.8, 4) is 0 Å². The summed E-state index contributed by atoms with van der Waals surface area (Å²) in [6.07, 6.45) is 0. The van der Waals surface area contributed by atoms with Gasteiger partial charge in [0.05, 0.1) is 22.5 Å². The molecular formula is C11H7F2NO4S2. The van der Waals surface area contributed by atoms with Crippen LogP contribution in [-0.2, 0) is 15.6 Å². The van der Waals surface area contributed by atoms with E-state index in [1.165, 1.54) is 10.9 Å². The number of hydrogen-bond donors (Lipinski definition) is 1. The van der Waals surface area contributed by atoms with Crippen LogP contribution in [0.5, 0.6) is 0 Å². The number of hydrogen-bond acceptors (Lipinski definition) is 5. The van der Waals surface area contributed by atoms with Crippen molar-refractivity contribution >= 4 is 27.1 Å². The molecule has 0 aliphatic carbocycles. The fourth-order valence-electron chi connectivity index (χ4n) is 1.49. The number of carbonyl (C=O) groups is 1. The van der Waals surface area contributed by atoms with Gasteiger partial charge in [0.15, 0.2) is 21.5 Å². The van der Waals surface area contributed by atoms with Gasteiger partial charge in [-0.1, -0.05) is 0 Å². The molecule has 0 spiro atoms. The second-order valence-electron chi connectivity index (χ2n) is 3.81. The van der Waals surface area contributed by atoms with Gasteiger partial charge < -0.3 is 5.11 Å². The van der Waals surface area contributed by atoms with E-state index in [0.29, 0.717) is 12.1 Å². The first-order valence-electron chi connectivity index (χ1n) is 5.13. The second-order valence-corrected chi connectivity index (χ2v) is 6.49. The molecule has 1 N–H and O–H groups in total. The maximum atomic E-state index is 13.6. The molecule has 0 saturated heterocycles. The van der Waals surface area contributed by atoms with Crippen LogP contribution in [0.3, 0.4) is 0 Å². The van der Waals surface area contributed by atoms with Crippen LogP contribution in [0.2, 0.25) is 0 Å². The lowest BCUT2D eigenvalue weighted by molar-refractivity contribution is 0.0696. The van der Waals surface area contributed by atoms with Gasteiger partial charge in [-0.2, -0.15) is 0 Å². The predicted octanol–water partition coefficient (Wildman–Crippen LogP) is 2.09. The molecule has 0 bridgehead atoms. The average molecular weight is 319 g/mol. The first-order chi connectivity index (χ1) is 9.31. The Balaban J connectivity index is 2.53. The summed E-state index contributed by atoms with van der Waals surface area (Å²) in [7, 11) is -4.23. The van der Waals surface area contributed by atoms with Crippen LogP contribution in [0, 0.1) is 11.6 Å². The zero-order valence-electron chi connectivity index (χ0n) is 9.71. The van der Waals surface area contributed by atoms with Gasteiger partial charge in [0.25, 0.3) is 0 Å². The minimum Gasteiger partial charge on any atom is -0.478 e. The van der Waals surface area contributed by atoms with Gasteiger partial charge in [-0.3, -0.25) is 0 Å². The van der Waals surface area contributed by atoms with E-state index in [1.807, 2.05) is 0 Å². The number of benzene rings is 1. The van der Waals surface area contributed by atoms with Crippen molar-refractivity contribution in [2.75, 3.05) is 0 Å². The number of nitrogens with zero attached hydrogens (tertiary/aromatic N) is 1. The summed E-state index contributed by atoms with van der Waals surface area (Å²) in [6.45, 7) is 0. The molecule has 0 saturated carbocycles. The molecule has 0 radical (unpaired) electrons. The van der Waals surface area contributed by atoms with Crippen LogP contribution in [0.15, 0.2) is 27.9 Å².